The highest BCUT2D eigenvalue weighted by molar-refractivity contribution is 5.88. The lowest BCUT2D eigenvalue weighted by Crippen LogP contribution is -2.45. The molecule has 1 fully saturated rings. The smallest absolute Gasteiger partial charge is 0.416 e. The van der Waals surface area contributed by atoms with Crippen LogP contribution in [-0.4, -0.2) is 58.3 Å². The first-order chi connectivity index (χ1) is 14.7. The number of aliphatic carboxylic acids is 1. The summed E-state index contributed by atoms with van der Waals surface area (Å²) in [5.41, 5.74) is 1.56. The monoisotopic (exact) mass is 427 g/mol. The van der Waals surface area contributed by atoms with E-state index in [-0.39, 0.29) is 6.04 Å². The highest BCUT2D eigenvalue weighted by Crippen LogP contribution is 2.26. The largest absolute Gasteiger partial charge is 0.478 e. The maximum absolute atomic E-state index is 13.1. The van der Waals surface area contributed by atoms with Crippen LogP contribution in [0, 0.1) is 0 Å². The van der Waals surface area contributed by atoms with Gasteiger partial charge in [-0.1, -0.05) is 11.6 Å². The minimum atomic E-state index is -1.02. The van der Waals surface area contributed by atoms with Crippen LogP contribution < -0.4 is 4.90 Å². The number of ether oxygens (including phenoxy) is 1. The molecule has 1 N–H and O–H groups in total. The lowest BCUT2D eigenvalue weighted by molar-refractivity contribution is -0.131. The summed E-state index contributed by atoms with van der Waals surface area (Å²) in [7, 11) is 0. The molecule has 168 valence electrons. The van der Waals surface area contributed by atoms with Gasteiger partial charge in [-0.2, -0.15) is 0 Å². The van der Waals surface area contributed by atoms with Crippen molar-refractivity contribution in [3.05, 3.63) is 41.6 Å². The topological polar surface area (TPSA) is 83.0 Å². The zero-order valence-electron chi connectivity index (χ0n) is 18.7. The molecule has 2 aliphatic rings. The number of pyridine rings is 1. The number of rotatable bonds is 6. The number of allylic oxidation sites excluding steroid dienone is 1. The van der Waals surface area contributed by atoms with Gasteiger partial charge in [-0.25, -0.2) is 14.6 Å². The van der Waals surface area contributed by atoms with Crippen molar-refractivity contribution in [3.63, 3.8) is 0 Å². The molecule has 7 heteroatoms. The average Bonchev–Trinajstić information content (AvgIpc) is 3.14. The van der Waals surface area contributed by atoms with Crippen LogP contribution in [0.15, 0.2) is 36.1 Å². The molecule has 1 saturated heterocycles. The predicted molar refractivity (Wildman–Crippen MR) is 121 cm³/mol. The number of aromatic nitrogens is 1. The number of carboxylic acid groups (broad SMARTS) is 1. The van der Waals surface area contributed by atoms with Gasteiger partial charge in [0.15, 0.2) is 0 Å². The molecule has 1 unspecified atom stereocenters. The van der Waals surface area contributed by atoms with Crippen LogP contribution in [0.1, 0.15) is 58.4 Å². The minimum absolute atomic E-state index is 0.0213. The Morgan fingerprint density at radius 3 is 2.74 bits per heavy atom. The Hall–Kier alpha value is -2.67. The summed E-state index contributed by atoms with van der Waals surface area (Å²) in [6.45, 7) is 8.23. The number of carbonyl (C=O) groups is 2. The Labute approximate surface area is 184 Å². The number of carbonyl (C=O) groups excluding carboxylic acids is 1. The maximum Gasteiger partial charge on any atom is 0.416 e. The first kappa shape index (κ1) is 23.0. The molecule has 1 aliphatic heterocycles. The molecule has 0 aromatic carbocycles. The number of amides is 1. The SMILES string of the molecule is CC(C)(C)OC(=O)N(c1ccc(/C=C/C(=O)O)cn1)C1CCN(CC2=CCCCC2)C1. The maximum atomic E-state index is 13.1. The summed E-state index contributed by atoms with van der Waals surface area (Å²) in [4.78, 5) is 32.3. The molecule has 0 saturated carbocycles. The molecule has 0 radical (unpaired) electrons. The normalized spacial score (nSPS) is 20.0. The van der Waals surface area contributed by atoms with Crippen molar-refractivity contribution in [2.45, 2.75) is 64.5 Å². The summed E-state index contributed by atoms with van der Waals surface area (Å²) >= 11 is 0. The van der Waals surface area contributed by atoms with Crippen molar-refractivity contribution < 1.29 is 19.4 Å². The van der Waals surface area contributed by atoms with Crippen LogP contribution in [0.5, 0.6) is 0 Å². The van der Waals surface area contributed by atoms with Gasteiger partial charge in [0, 0.05) is 31.9 Å². The van der Waals surface area contributed by atoms with E-state index in [1.165, 1.54) is 37.3 Å². The lowest BCUT2D eigenvalue weighted by atomic mass is 9.99. The Morgan fingerprint density at radius 1 is 1.32 bits per heavy atom. The quantitative estimate of drug-likeness (QED) is 0.532. The van der Waals surface area contributed by atoms with Gasteiger partial charge in [0.1, 0.15) is 11.4 Å². The highest BCUT2D eigenvalue weighted by Gasteiger charge is 2.35. The number of likely N-dealkylation sites (tertiary alicyclic amines) is 1. The second kappa shape index (κ2) is 10.1. The fraction of sp³-hybridized carbons (Fsp3) is 0.542. The number of carboxylic acids is 1. The van der Waals surface area contributed by atoms with Gasteiger partial charge >= 0.3 is 12.1 Å². The van der Waals surface area contributed by atoms with Gasteiger partial charge in [0.2, 0.25) is 0 Å². The molecule has 1 aromatic heterocycles. The second-order valence-corrected chi connectivity index (χ2v) is 9.26. The van der Waals surface area contributed by atoms with Crippen molar-refractivity contribution in [3.8, 4) is 0 Å². The van der Waals surface area contributed by atoms with Crippen molar-refractivity contribution in [1.29, 1.82) is 0 Å². The second-order valence-electron chi connectivity index (χ2n) is 9.26. The summed E-state index contributed by atoms with van der Waals surface area (Å²) in [6.07, 6.45) is 11.8. The summed E-state index contributed by atoms with van der Waals surface area (Å²) in [5, 5.41) is 8.80. The predicted octanol–water partition coefficient (Wildman–Crippen LogP) is 4.50. The molecule has 1 amide bonds. The summed E-state index contributed by atoms with van der Waals surface area (Å²) in [6, 6.07) is 3.49. The average molecular weight is 428 g/mol. The molecular weight excluding hydrogens is 394 g/mol. The third kappa shape index (κ3) is 6.92. The van der Waals surface area contributed by atoms with Gasteiger partial charge in [0.05, 0.1) is 6.04 Å². The van der Waals surface area contributed by atoms with E-state index in [9.17, 15) is 9.59 Å². The van der Waals surface area contributed by atoms with Gasteiger partial charge in [-0.3, -0.25) is 9.80 Å². The van der Waals surface area contributed by atoms with Crippen LogP contribution in [0.3, 0.4) is 0 Å². The van der Waals surface area contributed by atoms with Crippen LogP contribution in [-0.2, 0) is 9.53 Å². The first-order valence-electron chi connectivity index (χ1n) is 11.0. The van der Waals surface area contributed by atoms with Crippen molar-refractivity contribution >= 4 is 24.0 Å². The van der Waals surface area contributed by atoms with Crippen LogP contribution in [0.4, 0.5) is 10.6 Å². The lowest BCUT2D eigenvalue weighted by Gasteiger charge is -2.31. The number of anilines is 1. The molecule has 3 rings (SSSR count). The third-order valence-corrected chi connectivity index (χ3v) is 5.45. The van der Waals surface area contributed by atoms with Crippen molar-refractivity contribution in [1.82, 2.24) is 9.88 Å². The van der Waals surface area contributed by atoms with Crippen LogP contribution in [0.25, 0.3) is 6.08 Å². The van der Waals surface area contributed by atoms with E-state index in [1.54, 1.807) is 23.2 Å². The van der Waals surface area contributed by atoms with E-state index >= 15 is 0 Å². The summed E-state index contributed by atoms with van der Waals surface area (Å²) < 4.78 is 5.69. The minimum Gasteiger partial charge on any atom is -0.478 e. The van der Waals surface area contributed by atoms with E-state index in [0.717, 1.165) is 32.1 Å². The molecule has 1 atom stereocenters. The Morgan fingerprint density at radius 2 is 2.13 bits per heavy atom. The Balaban J connectivity index is 1.76. The number of hydrogen-bond donors (Lipinski definition) is 1. The Bertz CT molecular complexity index is 839. The molecular formula is C24H33N3O4. The summed E-state index contributed by atoms with van der Waals surface area (Å²) in [5.74, 6) is -0.496. The van der Waals surface area contributed by atoms with Crippen molar-refractivity contribution in [2.75, 3.05) is 24.5 Å². The molecule has 31 heavy (non-hydrogen) atoms. The van der Waals surface area contributed by atoms with Gasteiger partial charge in [-0.05, 0) is 76.6 Å². The van der Waals surface area contributed by atoms with E-state index in [4.69, 9.17) is 9.84 Å². The first-order valence-corrected chi connectivity index (χ1v) is 11.0. The van der Waals surface area contributed by atoms with Crippen LogP contribution >= 0.6 is 0 Å². The highest BCUT2D eigenvalue weighted by atomic mass is 16.6. The molecule has 2 heterocycles. The fourth-order valence-electron chi connectivity index (χ4n) is 4.05. The number of hydrogen-bond acceptors (Lipinski definition) is 5. The van der Waals surface area contributed by atoms with Gasteiger partial charge in [-0.15, -0.1) is 0 Å². The van der Waals surface area contributed by atoms with Gasteiger partial charge < -0.3 is 9.84 Å². The standard InChI is InChI=1S/C24H33N3O4/c1-24(2,3)31-23(30)27(21-11-9-18(15-25-21)10-12-22(28)29)20-13-14-26(17-20)16-19-7-5-4-6-8-19/h7,9-12,15,20H,4-6,8,13-14,16-17H2,1-3H3,(H,28,29)/b12-10+. The number of nitrogens with zero attached hydrogens (tertiary/aromatic N) is 3. The van der Waals surface area contributed by atoms with E-state index in [2.05, 4.69) is 16.0 Å². The molecule has 7 nitrogen and oxygen atoms in total. The zero-order valence-corrected chi connectivity index (χ0v) is 18.7. The van der Waals surface area contributed by atoms with E-state index < -0.39 is 17.7 Å². The van der Waals surface area contributed by atoms with E-state index in [0.29, 0.717) is 11.4 Å². The van der Waals surface area contributed by atoms with Crippen molar-refractivity contribution in [2.24, 2.45) is 0 Å². The van der Waals surface area contributed by atoms with E-state index in [1.807, 2.05) is 20.8 Å². The molecule has 1 aromatic rings. The van der Waals surface area contributed by atoms with Gasteiger partial charge in [0.25, 0.3) is 0 Å². The fourth-order valence-corrected chi connectivity index (χ4v) is 4.05. The third-order valence-electron chi connectivity index (χ3n) is 5.45. The zero-order chi connectivity index (χ0) is 22.4. The Kier molecular flexibility index (Phi) is 7.49. The molecule has 0 spiro atoms. The van der Waals surface area contributed by atoms with Crippen LogP contribution in [0.2, 0.25) is 0 Å². The molecule has 1 aliphatic carbocycles. The molecule has 0 bridgehead atoms.